The number of rotatable bonds is 5. The summed E-state index contributed by atoms with van der Waals surface area (Å²) in [4.78, 5) is 11.8. The molecule has 2 N–H and O–H groups in total. The minimum absolute atomic E-state index is 0.0987. The van der Waals surface area contributed by atoms with E-state index in [1.54, 1.807) is 6.07 Å². The number of aliphatic hydroxyl groups excluding tert-OH is 1. The third-order valence-electron chi connectivity index (χ3n) is 2.66. The molecule has 0 saturated heterocycles. The van der Waals surface area contributed by atoms with E-state index >= 15 is 0 Å². The van der Waals surface area contributed by atoms with Gasteiger partial charge in [-0.3, -0.25) is 4.79 Å². The monoisotopic (exact) mass is 245 g/mol. The summed E-state index contributed by atoms with van der Waals surface area (Å²) in [5.41, 5.74) is 1.53. The van der Waals surface area contributed by atoms with Crippen LogP contribution in [0.3, 0.4) is 0 Å². The Bertz CT molecular complexity index is 479. The highest BCUT2D eigenvalue weighted by Crippen LogP contribution is 2.05. The zero-order chi connectivity index (χ0) is 12.8. The summed E-state index contributed by atoms with van der Waals surface area (Å²) in [7, 11) is 0. The van der Waals surface area contributed by atoms with Crippen LogP contribution >= 0.6 is 0 Å². The summed E-state index contributed by atoms with van der Waals surface area (Å²) >= 11 is 0. The van der Waals surface area contributed by atoms with E-state index in [0.717, 1.165) is 5.56 Å². The maximum atomic E-state index is 11.8. The smallest absolute Gasteiger partial charge is 0.254 e. The van der Waals surface area contributed by atoms with E-state index in [2.05, 4.69) is 5.32 Å². The van der Waals surface area contributed by atoms with E-state index in [1.165, 1.54) is 12.5 Å². The quantitative estimate of drug-likeness (QED) is 0.841. The molecule has 0 saturated carbocycles. The molecule has 0 aliphatic carbocycles. The third-order valence-corrected chi connectivity index (χ3v) is 2.66. The van der Waals surface area contributed by atoms with Crippen molar-refractivity contribution in [3.8, 4) is 0 Å². The molecule has 0 radical (unpaired) electrons. The number of furan rings is 1. The first-order chi connectivity index (χ1) is 8.79. The molecule has 0 bridgehead atoms. The molecular weight excluding hydrogens is 230 g/mol. The number of carbonyl (C=O) groups excluding carboxylic acids is 1. The van der Waals surface area contributed by atoms with Gasteiger partial charge in [0.2, 0.25) is 0 Å². The van der Waals surface area contributed by atoms with E-state index in [1.807, 2.05) is 30.3 Å². The number of amides is 1. The van der Waals surface area contributed by atoms with Crippen LogP contribution in [0.1, 0.15) is 15.9 Å². The standard InChI is InChI=1S/C14H15NO3/c16-9-13(8-11-4-2-1-3-5-11)15-14(17)12-6-7-18-10-12/h1-7,10,13,16H,8-9H2,(H,15,17)/t13-/m0/s1. The molecule has 94 valence electrons. The Hall–Kier alpha value is -2.07. The molecule has 0 aliphatic rings. The van der Waals surface area contributed by atoms with Gasteiger partial charge in [0.15, 0.2) is 0 Å². The summed E-state index contributed by atoms with van der Waals surface area (Å²) in [5, 5.41) is 12.1. The minimum atomic E-state index is -0.296. The van der Waals surface area contributed by atoms with E-state index in [-0.39, 0.29) is 18.6 Å². The first-order valence-corrected chi connectivity index (χ1v) is 5.77. The van der Waals surface area contributed by atoms with Gasteiger partial charge in [0.25, 0.3) is 5.91 Å². The van der Waals surface area contributed by atoms with Crippen LogP contribution in [0, 0.1) is 0 Å². The van der Waals surface area contributed by atoms with Crippen molar-refractivity contribution in [3.63, 3.8) is 0 Å². The molecule has 4 heteroatoms. The average molecular weight is 245 g/mol. The van der Waals surface area contributed by atoms with Crippen molar-refractivity contribution in [1.82, 2.24) is 5.32 Å². The van der Waals surface area contributed by atoms with Crippen LogP contribution in [0.4, 0.5) is 0 Å². The van der Waals surface area contributed by atoms with Crippen molar-refractivity contribution in [2.24, 2.45) is 0 Å². The molecule has 1 amide bonds. The fourth-order valence-electron chi connectivity index (χ4n) is 1.72. The molecule has 2 rings (SSSR count). The van der Waals surface area contributed by atoms with Gasteiger partial charge in [-0.1, -0.05) is 30.3 Å². The van der Waals surface area contributed by atoms with Crippen LogP contribution in [0.2, 0.25) is 0 Å². The van der Waals surface area contributed by atoms with Crippen LogP contribution in [-0.2, 0) is 6.42 Å². The van der Waals surface area contributed by atoms with Gasteiger partial charge in [-0.05, 0) is 18.1 Å². The van der Waals surface area contributed by atoms with Gasteiger partial charge < -0.3 is 14.8 Å². The average Bonchev–Trinajstić information content (AvgIpc) is 2.93. The Morgan fingerprint density at radius 1 is 1.28 bits per heavy atom. The minimum Gasteiger partial charge on any atom is -0.472 e. The van der Waals surface area contributed by atoms with Gasteiger partial charge in [0.05, 0.1) is 24.5 Å². The summed E-state index contributed by atoms with van der Waals surface area (Å²) in [5.74, 6) is -0.237. The Kier molecular flexibility index (Phi) is 4.15. The molecule has 18 heavy (non-hydrogen) atoms. The molecular formula is C14H15NO3. The summed E-state index contributed by atoms with van der Waals surface area (Å²) in [6.45, 7) is -0.0987. The van der Waals surface area contributed by atoms with Crippen molar-refractivity contribution < 1.29 is 14.3 Å². The van der Waals surface area contributed by atoms with Crippen LogP contribution in [-0.4, -0.2) is 23.7 Å². The second-order valence-electron chi connectivity index (χ2n) is 4.05. The second-order valence-corrected chi connectivity index (χ2v) is 4.05. The Labute approximate surface area is 105 Å². The largest absolute Gasteiger partial charge is 0.472 e. The molecule has 1 aromatic carbocycles. The lowest BCUT2D eigenvalue weighted by atomic mass is 10.1. The van der Waals surface area contributed by atoms with Gasteiger partial charge in [-0.25, -0.2) is 0 Å². The molecule has 0 fully saturated rings. The summed E-state index contributed by atoms with van der Waals surface area (Å²) in [6.07, 6.45) is 3.42. The molecule has 1 atom stereocenters. The van der Waals surface area contributed by atoms with Crippen molar-refractivity contribution >= 4 is 5.91 Å². The van der Waals surface area contributed by atoms with Crippen molar-refractivity contribution in [2.75, 3.05) is 6.61 Å². The number of carbonyl (C=O) groups is 1. The fraction of sp³-hybridized carbons (Fsp3) is 0.214. The van der Waals surface area contributed by atoms with Gasteiger partial charge in [0.1, 0.15) is 6.26 Å². The number of benzene rings is 1. The Morgan fingerprint density at radius 3 is 2.67 bits per heavy atom. The van der Waals surface area contributed by atoms with Crippen LogP contribution < -0.4 is 5.32 Å². The Morgan fingerprint density at radius 2 is 2.06 bits per heavy atom. The normalized spacial score (nSPS) is 12.1. The molecule has 1 aromatic heterocycles. The number of nitrogens with one attached hydrogen (secondary N) is 1. The highest BCUT2D eigenvalue weighted by molar-refractivity contribution is 5.93. The van der Waals surface area contributed by atoms with Gasteiger partial charge in [-0.15, -0.1) is 0 Å². The maximum Gasteiger partial charge on any atom is 0.254 e. The van der Waals surface area contributed by atoms with Crippen LogP contribution in [0.25, 0.3) is 0 Å². The van der Waals surface area contributed by atoms with Crippen LogP contribution in [0.15, 0.2) is 53.3 Å². The van der Waals surface area contributed by atoms with Crippen molar-refractivity contribution in [2.45, 2.75) is 12.5 Å². The molecule has 0 aliphatic heterocycles. The molecule has 1 heterocycles. The van der Waals surface area contributed by atoms with E-state index < -0.39 is 0 Å². The van der Waals surface area contributed by atoms with Gasteiger partial charge in [-0.2, -0.15) is 0 Å². The second kappa shape index (κ2) is 6.02. The molecule has 0 unspecified atom stereocenters. The SMILES string of the molecule is O=C(N[C@H](CO)Cc1ccccc1)c1ccoc1. The lowest BCUT2D eigenvalue weighted by Crippen LogP contribution is -2.38. The fourth-order valence-corrected chi connectivity index (χ4v) is 1.72. The van der Waals surface area contributed by atoms with Gasteiger partial charge >= 0.3 is 0 Å². The lowest BCUT2D eigenvalue weighted by molar-refractivity contribution is 0.0916. The highest BCUT2D eigenvalue weighted by Gasteiger charge is 2.14. The van der Waals surface area contributed by atoms with E-state index in [9.17, 15) is 9.90 Å². The molecule has 0 spiro atoms. The zero-order valence-electron chi connectivity index (χ0n) is 9.87. The number of hydrogen-bond donors (Lipinski definition) is 2. The van der Waals surface area contributed by atoms with E-state index in [0.29, 0.717) is 12.0 Å². The Balaban J connectivity index is 1.96. The highest BCUT2D eigenvalue weighted by atomic mass is 16.3. The topological polar surface area (TPSA) is 62.5 Å². The predicted molar refractivity (Wildman–Crippen MR) is 67.2 cm³/mol. The molecule has 4 nitrogen and oxygen atoms in total. The van der Waals surface area contributed by atoms with Crippen LogP contribution in [0.5, 0.6) is 0 Å². The number of aliphatic hydroxyl groups is 1. The van der Waals surface area contributed by atoms with Crippen molar-refractivity contribution in [3.05, 3.63) is 60.1 Å². The summed E-state index contributed by atoms with van der Waals surface area (Å²) < 4.78 is 4.85. The first kappa shape index (κ1) is 12.4. The lowest BCUT2D eigenvalue weighted by Gasteiger charge is -2.15. The summed E-state index contributed by atoms with van der Waals surface area (Å²) in [6, 6.07) is 11.0. The molecule has 2 aromatic rings. The number of hydrogen-bond acceptors (Lipinski definition) is 3. The van der Waals surface area contributed by atoms with Crippen molar-refractivity contribution in [1.29, 1.82) is 0 Å². The third kappa shape index (κ3) is 3.21. The maximum absolute atomic E-state index is 11.8. The van der Waals surface area contributed by atoms with Gasteiger partial charge in [0, 0.05) is 0 Å². The predicted octanol–water partition coefficient (Wildman–Crippen LogP) is 1.61. The zero-order valence-corrected chi connectivity index (χ0v) is 9.87. The van der Waals surface area contributed by atoms with E-state index in [4.69, 9.17) is 4.42 Å². The first-order valence-electron chi connectivity index (χ1n) is 5.77.